The Kier molecular flexibility index (Phi) is 6.09. The minimum Gasteiger partial charge on any atom is -0.392 e. The number of hydrogen-bond donors (Lipinski definition) is 5. The van der Waals surface area contributed by atoms with Gasteiger partial charge in [0.05, 0.1) is 22.3 Å². The number of amidine groups is 1. The number of halogens is 2. The van der Waals surface area contributed by atoms with Gasteiger partial charge in [0.25, 0.3) is 0 Å². The summed E-state index contributed by atoms with van der Waals surface area (Å²) in [5.74, 6) is 0.117. The van der Waals surface area contributed by atoms with E-state index in [2.05, 4.69) is 35.6 Å². The van der Waals surface area contributed by atoms with Crippen LogP contribution in [0.3, 0.4) is 0 Å². The Hall–Kier alpha value is -2.79. The SMILES string of the molecule is ONC(=Nc1ccc(F)c(Cl)c1)c1ccnc2nc(NCCN3CCC(O)C3)[nH]c12. The van der Waals surface area contributed by atoms with E-state index in [-0.39, 0.29) is 17.0 Å². The van der Waals surface area contributed by atoms with E-state index in [0.717, 1.165) is 19.5 Å². The summed E-state index contributed by atoms with van der Waals surface area (Å²) < 4.78 is 13.4. The number of likely N-dealkylation sites (tertiary alicyclic amines) is 1. The van der Waals surface area contributed by atoms with Crippen molar-refractivity contribution >= 4 is 40.2 Å². The first-order valence-electron chi connectivity index (χ1n) is 9.46. The van der Waals surface area contributed by atoms with E-state index >= 15 is 0 Å². The maximum Gasteiger partial charge on any atom is 0.202 e. The fourth-order valence-corrected chi connectivity index (χ4v) is 3.54. The zero-order valence-corrected chi connectivity index (χ0v) is 16.7. The number of aromatic nitrogens is 3. The molecule has 5 N–H and O–H groups in total. The minimum atomic E-state index is -0.548. The average molecular weight is 434 g/mol. The summed E-state index contributed by atoms with van der Waals surface area (Å²) in [4.78, 5) is 18.3. The first-order chi connectivity index (χ1) is 14.5. The van der Waals surface area contributed by atoms with Crippen LogP contribution in [0.5, 0.6) is 0 Å². The van der Waals surface area contributed by atoms with Crippen LogP contribution in [0.15, 0.2) is 35.5 Å². The van der Waals surface area contributed by atoms with Crippen molar-refractivity contribution in [2.75, 3.05) is 31.5 Å². The zero-order chi connectivity index (χ0) is 21.1. The number of pyridine rings is 1. The monoisotopic (exact) mass is 433 g/mol. The number of aliphatic hydroxyl groups excluding tert-OH is 1. The quantitative estimate of drug-likeness (QED) is 0.230. The van der Waals surface area contributed by atoms with Crippen molar-refractivity contribution in [2.45, 2.75) is 12.5 Å². The summed E-state index contributed by atoms with van der Waals surface area (Å²) in [5, 5.41) is 22.4. The molecule has 0 bridgehead atoms. The fourth-order valence-electron chi connectivity index (χ4n) is 3.37. The van der Waals surface area contributed by atoms with Crippen molar-refractivity contribution < 1.29 is 14.7 Å². The lowest BCUT2D eigenvalue weighted by Gasteiger charge is -2.14. The van der Waals surface area contributed by atoms with Crippen LogP contribution in [0.2, 0.25) is 5.02 Å². The van der Waals surface area contributed by atoms with Gasteiger partial charge < -0.3 is 15.4 Å². The average Bonchev–Trinajstić information content (AvgIpc) is 3.34. The van der Waals surface area contributed by atoms with Crippen LogP contribution < -0.4 is 10.8 Å². The van der Waals surface area contributed by atoms with Gasteiger partial charge in [-0.05, 0) is 30.7 Å². The molecule has 1 aromatic carbocycles. The lowest BCUT2D eigenvalue weighted by Crippen LogP contribution is -2.28. The molecule has 9 nitrogen and oxygen atoms in total. The lowest BCUT2D eigenvalue weighted by atomic mass is 10.2. The number of β-amino-alcohol motifs (C(OH)–C–C–N with tert-alkyl or cyclic N) is 1. The summed E-state index contributed by atoms with van der Waals surface area (Å²) in [6.07, 6.45) is 2.11. The number of benzene rings is 1. The van der Waals surface area contributed by atoms with Crippen LogP contribution in [-0.4, -0.2) is 68.3 Å². The topological polar surface area (TPSA) is 122 Å². The van der Waals surface area contributed by atoms with Gasteiger partial charge in [-0.25, -0.2) is 14.4 Å². The van der Waals surface area contributed by atoms with Gasteiger partial charge in [-0.2, -0.15) is 4.98 Å². The molecule has 30 heavy (non-hydrogen) atoms. The van der Waals surface area contributed by atoms with Gasteiger partial charge in [0.1, 0.15) is 5.82 Å². The molecule has 1 aliphatic heterocycles. The Labute approximate surface area is 176 Å². The third kappa shape index (κ3) is 4.51. The number of imidazole rings is 1. The van der Waals surface area contributed by atoms with Crippen molar-refractivity contribution in [3.63, 3.8) is 0 Å². The molecule has 0 saturated carbocycles. The number of hydrogen-bond acceptors (Lipinski definition) is 7. The Balaban J connectivity index is 1.54. The van der Waals surface area contributed by atoms with Crippen LogP contribution in [-0.2, 0) is 0 Å². The molecule has 1 atom stereocenters. The molecular weight excluding hydrogens is 413 g/mol. The number of fused-ring (bicyclic) bond motifs is 1. The smallest absolute Gasteiger partial charge is 0.202 e. The predicted molar refractivity (Wildman–Crippen MR) is 112 cm³/mol. The van der Waals surface area contributed by atoms with Crippen LogP contribution in [0.1, 0.15) is 12.0 Å². The molecule has 11 heteroatoms. The van der Waals surface area contributed by atoms with E-state index in [4.69, 9.17) is 11.6 Å². The van der Waals surface area contributed by atoms with Gasteiger partial charge in [0.2, 0.25) is 5.95 Å². The standard InChI is InChI=1S/C19H21ClFN7O2/c20-14-9-11(1-2-15(14)21)24-17(27-30)13-3-5-22-18-16(13)25-19(26-18)23-6-8-28-7-4-12(29)10-28/h1-3,5,9,12,29-30H,4,6-8,10H2,(H,24,27)(H2,22,23,25,26). The van der Waals surface area contributed by atoms with Crippen molar-refractivity contribution in [3.05, 3.63) is 46.9 Å². The first kappa shape index (κ1) is 20.5. The third-order valence-electron chi connectivity index (χ3n) is 4.87. The minimum absolute atomic E-state index is 0.0630. The Morgan fingerprint density at radius 2 is 2.27 bits per heavy atom. The van der Waals surface area contributed by atoms with Gasteiger partial charge in [-0.15, -0.1) is 0 Å². The Morgan fingerprint density at radius 1 is 1.40 bits per heavy atom. The fraction of sp³-hybridized carbons (Fsp3) is 0.316. The van der Waals surface area contributed by atoms with Crippen molar-refractivity contribution in [1.29, 1.82) is 0 Å². The maximum atomic E-state index is 13.4. The highest BCUT2D eigenvalue weighted by atomic mass is 35.5. The van der Waals surface area contributed by atoms with Gasteiger partial charge >= 0.3 is 0 Å². The molecule has 0 aliphatic carbocycles. The second-order valence-electron chi connectivity index (χ2n) is 6.98. The molecule has 0 spiro atoms. The number of nitrogens with zero attached hydrogens (tertiary/aromatic N) is 4. The van der Waals surface area contributed by atoms with Crippen LogP contribution in [0, 0.1) is 5.82 Å². The molecule has 2 aromatic heterocycles. The normalized spacial score (nSPS) is 17.6. The molecule has 4 rings (SSSR count). The van der Waals surface area contributed by atoms with E-state index in [1.165, 1.54) is 18.2 Å². The van der Waals surface area contributed by atoms with E-state index in [1.54, 1.807) is 12.3 Å². The highest BCUT2D eigenvalue weighted by molar-refractivity contribution is 6.31. The highest BCUT2D eigenvalue weighted by Crippen LogP contribution is 2.23. The molecule has 1 unspecified atom stereocenters. The molecule has 1 saturated heterocycles. The summed E-state index contributed by atoms with van der Waals surface area (Å²) in [6.45, 7) is 2.99. The third-order valence-corrected chi connectivity index (χ3v) is 5.15. The number of aromatic amines is 1. The number of H-pyrrole nitrogens is 1. The molecule has 1 fully saturated rings. The molecule has 3 heterocycles. The Bertz CT molecular complexity index is 1070. The van der Waals surface area contributed by atoms with E-state index in [9.17, 15) is 14.7 Å². The van der Waals surface area contributed by atoms with E-state index in [1.807, 2.05) is 0 Å². The number of rotatable bonds is 6. The first-order valence-corrected chi connectivity index (χ1v) is 9.84. The largest absolute Gasteiger partial charge is 0.392 e. The van der Waals surface area contributed by atoms with Crippen LogP contribution >= 0.6 is 11.6 Å². The van der Waals surface area contributed by atoms with Crippen molar-refractivity contribution in [1.82, 2.24) is 25.3 Å². The molecular formula is C19H21ClFN7O2. The molecule has 0 amide bonds. The van der Waals surface area contributed by atoms with Crippen molar-refractivity contribution in [2.24, 2.45) is 4.99 Å². The zero-order valence-electron chi connectivity index (χ0n) is 15.9. The van der Waals surface area contributed by atoms with Gasteiger partial charge in [0.15, 0.2) is 11.5 Å². The lowest BCUT2D eigenvalue weighted by molar-refractivity contribution is 0.177. The van der Waals surface area contributed by atoms with Crippen LogP contribution in [0.25, 0.3) is 11.2 Å². The molecule has 3 aromatic rings. The summed E-state index contributed by atoms with van der Waals surface area (Å²) in [7, 11) is 0. The predicted octanol–water partition coefficient (Wildman–Crippen LogP) is 2.29. The van der Waals surface area contributed by atoms with Gasteiger partial charge in [-0.3, -0.25) is 15.6 Å². The second kappa shape index (κ2) is 8.92. The van der Waals surface area contributed by atoms with Crippen LogP contribution in [0.4, 0.5) is 16.0 Å². The van der Waals surface area contributed by atoms with Crippen molar-refractivity contribution in [3.8, 4) is 0 Å². The summed E-state index contributed by atoms with van der Waals surface area (Å²) in [6, 6.07) is 5.69. The highest BCUT2D eigenvalue weighted by Gasteiger charge is 2.19. The molecule has 0 radical (unpaired) electrons. The number of anilines is 1. The van der Waals surface area contributed by atoms with E-state index in [0.29, 0.717) is 41.5 Å². The molecule has 158 valence electrons. The molecule has 1 aliphatic rings. The van der Waals surface area contributed by atoms with Gasteiger partial charge in [0, 0.05) is 37.9 Å². The Morgan fingerprint density at radius 3 is 3.00 bits per heavy atom. The number of aliphatic imine (C=N–C) groups is 1. The second-order valence-corrected chi connectivity index (χ2v) is 7.39. The van der Waals surface area contributed by atoms with E-state index < -0.39 is 5.82 Å². The number of aliphatic hydroxyl groups is 1. The number of nitrogens with one attached hydrogen (secondary N) is 3. The maximum absolute atomic E-state index is 13.4. The number of hydroxylamine groups is 1. The summed E-state index contributed by atoms with van der Waals surface area (Å²) >= 11 is 5.81. The van der Waals surface area contributed by atoms with Gasteiger partial charge in [-0.1, -0.05) is 11.6 Å². The summed E-state index contributed by atoms with van der Waals surface area (Å²) in [5.41, 5.74) is 4.00.